The lowest BCUT2D eigenvalue weighted by Crippen LogP contribution is -2.62. The van der Waals surface area contributed by atoms with E-state index < -0.39 is 0 Å². The number of nitrogens with zero attached hydrogens (tertiary/aromatic N) is 14. The highest BCUT2D eigenvalue weighted by Crippen LogP contribution is 2.36. The second kappa shape index (κ2) is 23.4. The maximum Gasteiger partial charge on any atom is 0.151 e. The summed E-state index contributed by atoms with van der Waals surface area (Å²) in [5.74, 6) is 2.71. The van der Waals surface area contributed by atoms with Crippen LogP contribution in [-0.4, -0.2) is 128 Å². The summed E-state index contributed by atoms with van der Waals surface area (Å²) in [5.41, 5.74) is 8.54. The topological polar surface area (TPSA) is 188 Å². The Kier molecular flexibility index (Phi) is 16.5. The Labute approximate surface area is 496 Å². The molecule has 3 saturated heterocycles. The number of para-hydroxylation sites is 3. The maximum atomic E-state index is 4.66. The molecular formula is C67H85N17. The van der Waals surface area contributed by atoms with Gasteiger partial charge in [-0.15, -0.1) is 30.6 Å². The summed E-state index contributed by atoms with van der Waals surface area (Å²) in [6.07, 6.45) is 13.6. The summed E-state index contributed by atoms with van der Waals surface area (Å²) < 4.78 is 0. The highest BCUT2D eigenvalue weighted by atomic mass is 15.3. The fourth-order valence-corrected chi connectivity index (χ4v) is 13.6. The van der Waals surface area contributed by atoms with Crippen molar-refractivity contribution in [2.24, 2.45) is 0 Å². The van der Waals surface area contributed by atoms with Crippen molar-refractivity contribution in [1.82, 2.24) is 71.7 Å². The van der Waals surface area contributed by atoms with Crippen LogP contribution in [0.1, 0.15) is 122 Å². The predicted molar refractivity (Wildman–Crippen MR) is 342 cm³/mol. The average molecular weight is 1130 g/mol. The molecule has 0 aliphatic carbocycles. The van der Waals surface area contributed by atoms with E-state index in [1.54, 1.807) is 18.6 Å². The molecule has 17 heteroatoms. The molecule has 3 aromatic carbocycles. The number of pyridine rings is 1. The number of aromatic nitrogens is 11. The fraction of sp³-hybridized carbons (Fsp3) is 0.448. The average Bonchev–Trinajstić information content (AvgIpc) is 2.89. The van der Waals surface area contributed by atoms with Gasteiger partial charge in [0.05, 0.1) is 46.5 Å². The number of hydrogen-bond acceptors (Lipinski definition) is 17. The number of anilines is 3. The van der Waals surface area contributed by atoms with Gasteiger partial charge in [-0.1, -0.05) is 42.5 Å². The lowest BCUT2D eigenvalue weighted by atomic mass is 9.79. The second-order valence-electron chi connectivity index (χ2n) is 27.5. The van der Waals surface area contributed by atoms with Crippen molar-refractivity contribution >= 4 is 50.2 Å². The fourth-order valence-electron chi connectivity index (χ4n) is 13.6. The van der Waals surface area contributed by atoms with Gasteiger partial charge in [0.1, 0.15) is 11.4 Å². The number of rotatable bonds is 9. The molecule has 3 fully saturated rings. The third kappa shape index (κ3) is 14.4. The molecule has 0 atom stereocenters. The third-order valence-corrected chi connectivity index (χ3v) is 16.6. The third-order valence-electron chi connectivity index (χ3n) is 16.6. The van der Waals surface area contributed by atoms with E-state index in [1.165, 1.54) is 0 Å². The van der Waals surface area contributed by atoms with Crippen LogP contribution in [0.2, 0.25) is 0 Å². The van der Waals surface area contributed by atoms with Gasteiger partial charge in [-0.2, -0.15) is 10.2 Å². The molecule has 438 valence electrons. The van der Waals surface area contributed by atoms with E-state index in [0.717, 1.165) is 123 Å². The van der Waals surface area contributed by atoms with Gasteiger partial charge in [-0.05, 0) is 188 Å². The minimum atomic E-state index is 0.0920. The second-order valence-corrected chi connectivity index (χ2v) is 27.5. The van der Waals surface area contributed by atoms with Crippen molar-refractivity contribution in [2.75, 3.05) is 35.8 Å². The number of hydrogen-bond donors (Lipinski definition) is 3. The minimum absolute atomic E-state index is 0.0920. The molecule has 0 radical (unpaired) electrons. The van der Waals surface area contributed by atoms with Gasteiger partial charge in [0.25, 0.3) is 0 Å². The lowest BCUT2D eigenvalue weighted by Gasteiger charge is -2.49. The van der Waals surface area contributed by atoms with Crippen LogP contribution in [0.3, 0.4) is 0 Å². The zero-order valence-corrected chi connectivity index (χ0v) is 51.9. The van der Waals surface area contributed by atoms with Crippen molar-refractivity contribution in [3.05, 3.63) is 134 Å². The molecule has 0 unspecified atom stereocenters. The van der Waals surface area contributed by atoms with Gasteiger partial charge < -0.3 is 30.7 Å². The smallest absolute Gasteiger partial charge is 0.151 e. The highest BCUT2D eigenvalue weighted by Gasteiger charge is 2.42. The van der Waals surface area contributed by atoms with Crippen LogP contribution in [0.25, 0.3) is 66.6 Å². The SMILES string of the molecule is CN(c1ccc(-c2ccc3cnncc3c2)nn1)C1CC(C)(C)NC(C)(C)C1.CN(c1ccc(-c2cnc3ccccc3c2)nn1)C1CC(C)(C)NC(C)(C)C1.CN(c1ccc(-c2cnc3ccccc3n2)nn1)C1CC(C)(C)NC(C)(C)C1. The Balaban J connectivity index is 0.000000140. The number of benzene rings is 3. The molecule has 3 aliphatic heterocycles. The summed E-state index contributed by atoms with van der Waals surface area (Å²) >= 11 is 0. The minimum Gasteiger partial charge on any atom is -0.355 e. The molecule has 0 saturated carbocycles. The van der Waals surface area contributed by atoms with Gasteiger partial charge in [0.15, 0.2) is 17.5 Å². The quantitative estimate of drug-likeness (QED) is 0.124. The molecule has 0 amide bonds. The van der Waals surface area contributed by atoms with E-state index in [0.29, 0.717) is 18.1 Å². The maximum absolute atomic E-state index is 4.66. The summed E-state index contributed by atoms with van der Waals surface area (Å²) in [5, 5.41) is 49.3. The molecule has 84 heavy (non-hydrogen) atoms. The van der Waals surface area contributed by atoms with E-state index >= 15 is 0 Å². The normalized spacial score (nSPS) is 18.9. The van der Waals surface area contributed by atoms with Gasteiger partial charge in [0, 0.05) is 106 Å². The van der Waals surface area contributed by atoms with Crippen LogP contribution in [-0.2, 0) is 0 Å². The van der Waals surface area contributed by atoms with Gasteiger partial charge in [0.2, 0.25) is 0 Å². The molecular weight excluding hydrogens is 1040 g/mol. The Morgan fingerprint density at radius 3 is 1.20 bits per heavy atom. The zero-order valence-electron chi connectivity index (χ0n) is 51.9. The molecule has 0 bridgehead atoms. The van der Waals surface area contributed by atoms with E-state index in [-0.39, 0.29) is 33.2 Å². The Morgan fingerprint density at radius 2 is 0.738 bits per heavy atom. The van der Waals surface area contributed by atoms with E-state index in [1.807, 2.05) is 79.0 Å². The molecule has 12 rings (SSSR count). The predicted octanol–water partition coefficient (Wildman–Crippen LogP) is 12.1. The van der Waals surface area contributed by atoms with Gasteiger partial charge in [-0.25, -0.2) is 4.98 Å². The molecule has 17 nitrogen and oxygen atoms in total. The monoisotopic (exact) mass is 1130 g/mol. The summed E-state index contributed by atoms with van der Waals surface area (Å²) in [6.45, 7) is 27.2. The van der Waals surface area contributed by atoms with Crippen molar-refractivity contribution in [2.45, 2.75) is 173 Å². The number of fused-ring (bicyclic) bond motifs is 3. The van der Waals surface area contributed by atoms with Crippen molar-refractivity contribution in [3.8, 4) is 33.9 Å². The van der Waals surface area contributed by atoms with Gasteiger partial charge in [-0.3, -0.25) is 9.97 Å². The molecule has 3 N–H and O–H groups in total. The Morgan fingerprint density at radius 1 is 0.345 bits per heavy atom. The van der Waals surface area contributed by atoms with E-state index in [4.69, 9.17) is 0 Å². The summed E-state index contributed by atoms with van der Waals surface area (Å²) in [4.78, 5) is 20.5. The largest absolute Gasteiger partial charge is 0.355 e. The summed E-state index contributed by atoms with van der Waals surface area (Å²) in [6, 6.07) is 37.7. The van der Waals surface area contributed by atoms with Crippen LogP contribution in [0.5, 0.6) is 0 Å². The zero-order chi connectivity index (χ0) is 59.8. The lowest BCUT2D eigenvalue weighted by molar-refractivity contribution is 0.160. The molecule has 6 aromatic heterocycles. The van der Waals surface area contributed by atoms with Gasteiger partial charge >= 0.3 is 0 Å². The first-order valence-corrected chi connectivity index (χ1v) is 29.5. The van der Waals surface area contributed by atoms with Crippen LogP contribution < -0.4 is 30.7 Å². The first-order valence-electron chi connectivity index (χ1n) is 29.5. The van der Waals surface area contributed by atoms with Crippen molar-refractivity contribution < 1.29 is 0 Å². The number of piperidine rings is 3. The Hall–Kier alpha value is -7.73. The standard InChI is InChI=1S/C23H29N5.2C22H28N6/c1-22(2)13-18(14-23(3,4)27-22)28(5)21-11-10-20(25-26-21)17-12-16-8-6-7-9-19(16)24-15-17;1-21(2)11-18(12-22(3,4)27-21)28(5)20-9-8-19(25-26-20)15-6-7-16-13-23-24-14-17(16)10-15;1-21(2)12-15(13-22(3,4)27-21)28(5)20-11-10-18(25-26-20)19-14-23-16-8-6-7-9-17(16)24-19/h6-12,15,18,27H,13-14H2,1-5H3;6-10,13-14,18,27H,11-12H2,1-5H3;6-11,14-15,27H,12-13H2,1-5H3. The van der Waals surface area contributed by atoms with Crippen molar-refractivity contribution in [3.63, 3.8) is 0 Å². The summed E-state index contributed by atoms with van der Waals surface area (Å²) in [7, 11) is 6.37. The van der Waals surface area contributed by atoms with E-state index in [2.05, 4.69) is 227 Å². The molecule has 3 aliphatic rings. The van der Waals surface area contributed by atoms with Crippen LogP contribution in [0.4, 0.5) is 17.5 Å². The van der Waals surface area contributed by atoms with Crippen LogP contribution >= 0.6 is 0 Å². The van der Waals surface area contributed by atoms with E-state index in [9.17, 15) is 0 Å². The highest BCUT2D eigenvalue weighted by molar-refractivity contribution is 5.85. The molecule has 0 spiro atoms. The molecule has 9 aromatic rings. The van der Waals surface area contributed by atoms with Crippen molar-refractivity contribution in [1.29, 1.82) is 0 Å². The first-order chi connectivity index (χ1) is 39.7. The van der Waals surface area contributed by atoms with Crippen LogP contribution in [0.15, 0.2) is 134 Å². The molecule has 9 heterocycles. The first kappa shape index (κ1) is 59.4. The van der Waals surface area contributed by atoms with Crippen LogP contribution in [0, 0.1) is 0 Å². The Bertz CT molecular complexity index is 3280. The number of nitrogens with one attached hydrogen (secondary N) is 3.